The number of nitrogens with two attached hydrogens (primary N) is 1. The highest BCUT2D eigenvalue weighted by Crippen LogP contribution is 2.43. The van der Waals surface area contributed by atoms with Gasteiger partial charge in [0.1, 0.15) is 0 Å². The van der Waals surface area contributed by atoms with Gasteiger partial charge in [-0.3, -0.25) is 0 Å². The standard InChI is InChI=1S/C35H63N3O8/c1-21(15-16-26-19-27(40-10)18-22(2)42-26)31-25(5)32(46-35(8,9)45-31)24(4)30-20-29(43-34(6,7)44-30)23(3)28(41-11)14-12-13-17-37-38-33(36)39/h12-13,17,21-32H,14-16,18-20H2,1-11H3,(H3,36,38,39)/b13-12+,37-17+/t21-,22-,23+,24-,25-,26-,27+,28-,29-,30+,31-,32-/m0/s1. The van der Waals surface area contributed by atoms with Crippen LogP contribution in [0.1, 0.15) is 101 Å². The molecule has 0 aromatic rings. The third kappa shape index (κ3) is 11.2. The minimum Gasteiger partial charge on any atom is -0.381 e. The van der Waals surface area contributed by atoms with Crippen LogP contribution < -0.4 is 11.2 Å². The van der Waals surface area contributed by atoms with Gasteiger partial charge in [0, 0.05) is 44.6 Å². The fraction of sp³-hybridized carbons (Fsp3) is 0.886. The Morgan fingerprint density at radius 2 is 1.63 bits per heavy atom. The molecule has 11 nitrogen and oxygen atoms in total. The number of urea groups is 1. The molecule has 3 fully saturated rings. The monoisotopic (exact) mass is 653 g/mol. The summed E-state index contributed by atoms with van der Waals surface area (Å²) in [4.78, 5) is 10.8. The Kier molecular flexibility index (Phi) is 14.5. The topological polar surface area (TPSA) is 132 Å². The second kappa shape index (κ2) is 17.2. The van der Waals surface area contributed by atoms with Crippen LogP contribution in [0.3, 0.4) is 0 Å². The number of ether oxygens (including phenoxy) is 7. The van der Waals surface area contributed by atoms with Crippen molar-refractivity contribution in [3.8, 4) is 0 Å². The third-order valence-electron chi connectivity index (χ3n) is 10.0. The van der Waals surface area contributed by atoms with Crippen molar-refractivity contribution in [3.63, 3.8) is 0 Å². The number of hydrogen-bond acceptors (Lipinski definition) is 9. The van der Waals surface area contributed by atoms with Gasteiger partial charge in [-0.25, -0.2) is 10.2 Å². The maximum absolute atomic E-state index is 10.8. The molecule has 3 rings (SSSR count). The fourth-order valence-corrected chi connectivity index (χ4v) is 7.62. The van der Waals surface area contributed by atoms with E-state index >= 15 is 0 Å². The van der Waals surface area contributed by atoms with Gasteiger partial charge in [-0.2, -0.15) is 5.10 Å². The zero-order valence-electron chi connectivity index (χ0n) is 30.2. The molecule has 3 saturated heterocycles. The van der Waals surface area contributed by atoms with Crippen LogP contribution in [-0.4, -0.2) is 86.9 Å². The Morgan fingerprint density at radius 1 is 0.978 bits per heavy atom. The third-order valence-corrected chi connectivity index (χ3v) is 10.0. The molecule has 0 bridgehead atoms. The molecular formula is C35H63N3O8. The van der Waals surface area contributed by atoms with Crippen LogP contribution in [-0.2, 0) is 33.2 Å². The first-order valence-corrected chi connectivity index (χ1v) is 17.2. The summed E-state index contributed by atoms with van der Waals surface area (Å²) in [6.07, 6.45) is 11.0. The first-order chi connectivity index (χ1) is 21.6. The normalized spacial score (nSPS) is 35.9. The zero-order chi connectivity index (χ0) is 34.2. The highest BCUT2D eigenvalue weighted by molar-refractivity contribution is 5.75. The Balaban J connectivity index is 1.67. The van der Waals surface area contributed by atoms with Crippen LogP contribution >= 0.6 is 0 Å². The van der Waals surface area contributed by atoms with E-state index in [0.29, 0.717) is 12.3 Å². The van der Waals surface area contributed by atoms with Gasteiger partial charge in [0.2, 0.25) is 0 Å². The van der Waals surface area contributed by atoms with E-state index in [4.69, 9.17) is 38.9 Å². The quantitative estimate of drug-likeness (QED) is 0.174. The number of hydrazone groups is 1. The van der Waals surface area contributed by atoms with Gasteiger partial charge in [0.15, 0.2) is 11.6 Å². The molecule has 3 N–H and O–H groups in total. The number of hydrogen-bond donors (Lipinski definition) is 2. The number of carbonyl (C=O) groups excluding carboxylic acids is 1. The summed E-state index contributed by atoms with van der Waals surface area (Å²) in [6, 6.07) is -0.703. The Labute approximate surface area is 277 Å². The lowest BCUT2D eigenvalue weighted by molar-refractivity contribution is -0.357. The maximum Gasteiger partial charge on any atom is 0.332 e. The van der Waals surface area contributed by atoms with E-state index in [-0.39, 0.29) is 66.6 Å². The first-order valence-electron chi connectivity index (χ1n) is 17.2. The van der Waals surface area contributed by atoms with E-state index < -0.39 is 17.6 Å². The Bertz CT molecular complexity index is 1010. The number of nitrogens with zero attached hydrogens (tertiary/aromatic N) is 1. The number of allylic oxidation sites excluding steroid dienone is 1. The van der Waals surface area contributed by atoms with Crippen molar-refractivity contribution in [3.05, 3.63) is 12.2 Å². The molecule has 3 aliphatic rings. The molecule has 12 atom stereocenters. The van der Waals surface area contributed by atoms with Gasteiger partial charge < -0.3 is 38.9 Å². The predicted octanol–water partition coefficient (Wildman–Crippen LogP) is 5.94. The number of rotatable bonds is 14. The van der Waals surface area contributed by atoms with Crippen LogP contribution in [0.5, 0.6) is 0 Å². The summed E-state index contributed by atoms with van der Waals surface area (Å²) >= 11 is 0. The minimum absolute atomic E-state index is 0.0457. The van der Waals surface area contributed by atoms with Gasteiger partial charge >= 0.3 is 6.03 Å². The van der Waals surface area contributed by atoms with E-state index in [9.17, 15) is 4.79 Å². The zero-order valence-corrected chi connectivity index (χ0v) is 30.2. The molecule has 3 aliphatic heterocycles. The minimum atomic E-state index is -0.759. The number of carbonyl (C=O) groups is 1. The Hall–Kier alpha value is -1.60. The van der Waals surface area contributed by atoms with Crippen molar-refractivity contribution in [1.82, 2.24) is 5.43 Å². The lowest BCUT2D eigenvalue weighted by atomic mass is 9.77. The lowest BCUT2D eigenvalue weighted by Gasteiger charge is -2.52. The van der Waals surface area contributed by atoms with E-state index in [2.05, 4.69) is 45.1 Å². The first kappa shape index (κ1) is 38.8. The van der Waals surface area contributed by atoms with E-state index in [1.54, 1.807) is 20.3 Å². The fourth-order valence-electron chi connectivity index (χ4n) is 7.62. The molecule has 11 heteroatoms. The molecule has 2 amide bonds. The lowest BCUT2D eigenvalue weighted by Crippen LogP contribution is -2.58. The average molecular weight is 654 g/mol. The molecule has 0 saturated carbocycles. The molecule has 0 spiro atoms. The smallest absolute Gasteiger partial charge is 0.332 e. The molecule has 3 heterocycles. The van der Waals surface area contributed by atoms with Crippen LogP contribution in [0.4, 0.5) is 4.79 Å². The van der Waals surface area contributed by atoms with Gasteiger partial charge in [-0.1, -0.05) is 33.8 Å². The SMILES string of the molecule is CO[C@H]1C[C@H](CC[C@H](C)[C@@H]2OC(C)(C)O[C@@H]([C@@H](C)[C@H]3C[C@@H]([C@H](C)[C@H](C/C=C/C=N/NC(N)=O)OC)OC(C)(C)O3)[C@H]2C)O[C@@H](C)C1. The summed E-state index contributed by atoms with van der Waals surface area (Å²) < 4.78 is 44.3. The second-order valence-electron chi connectivity index (χ2n) is 14.7. The summed E-state index contributed by atoms with van der Waals surface area (Å²) in [6.45, 7) is 19.1. The largest absolute Gasteiger partial charge is 0.381 e. The van der Waals surface area contributed by atoms with Gasteiger partial charge in [-0.05, 0) is 78.7 Å². The molecule has 0 unspecified atom stereocenters. The molecule has 46 heavy (non-hydrogen) atoms. The molecule has 0 radical (unpaired) electrons. The number of nitrogens with one attached hydrogen (secondary N) is 1. The predicted molar refractivity (Wildman–Crippen MR) is 178 cm³/mol. The van der Waals surface area contributed by atoms with Crippen LogP contribution in [0.25, 0.3) is 0 Å². The van der Waals surface area contributed by atoms with Crippen molar-refractivity contribution in [2.24, 2.45) is 34.5 Å². The van der Waals surface area contributed by atoms with Gasteiger partial charge in [0.05, 0.1) is 48.8 Å². The highest BCUT2D eigenvalue weighted by atomic mass is 16.7. The number of primary amides is 1. The summed E-state index contributed by atoms with van der Waals surface area (Å²) in [5.74, 6) is -0.770. The van der Waals surface area contributed by atoms with E-state index in [0.717, 1.165) is 32.1 Å². The Morgan fingerprint density at radius 3 is 2.28 bits per heavy atom. The average Bonchev–Trinajstić information content (AvgIpc) is 2.98. The van der Waals surface area contributed by atoms with E-state index in [1.165, 1.54) is 6.21 Å². The molecule has 0 aromatic carbocycles. The van der Waals surface area contributed by atoms with Crippen LogP contribution in [0.2, 0.25) is 0 Å². The molecular weight excluding hydrogens is 590 g/mol. The van der Waals surface area contributed by atoms with Crippen molar-refractivity contribution in [1.29, 1.82) is 0 Å². The summed E-state index contributed by atoms with van der Waals surface area (Å²) in [5.41, 5.74) is 7.22. The second-order valence-corrected chi connectivity index (χ2v) is 14.7. The maximum atomic E-state index is 10.8. The highest BCUT2D eigenvalue weighted by Gasteiger charge is 2.49. The summed E-state index contributed by atoms with van der Waals surface area (Å²) in [5, 5.41) is 3.74. The van der Waals surface area contributed by atoms with Crippen LogP contribution in [0, 0.1) is 23.7 Å². The summed E-state index contributed by atoms with van der Waals surface area (Å²) in [7, 11) is 3.52. The molecule has 0 aliphatic carbocycles. The van der Waals surface area contributed by atoms with Crippen molar-refractivity contribution in [2.45, 2.75) is 161 Å². The van der Waals surface area contributed by atoms with Crippen molar-refractivity contribution in [2.75, 3.05) is 14.2 Å². The number of methoxy groups -OCH3 is 2. The number of amides is 2. The van der Waals surface area contributed by atoms with Crippen molar-refractivity contribution >= 4 is 12.2 Å². The van der Waals surface area contributed by atoms with Crippen LogP contribution in [0.15, 0.2) is 17.3 Å². The van der Waals surface area contributed by atoms with Gasteiger partial charge in [-0.15, -0.1) is 0 Å². The van der Waals surface area contributed by atoms with Gasteiger partial charge in [0.25, 0.3) is 0 Å². The molecule has 0 aromatic heterocycles. The van der Waals surface area contributed by atoms with E-state index in [1.807, 2.05) is 33.8 Å². The van der Waals surface area contributed by atoms with Crippen molar-refractivity contribution < 1.29 is 38.0 Å². The molecule has 266 valence electrons.